The summed E-state index contributed by atoms with van der Waals surface area (Å²) in [5, 5.41) is 0. The molecular weight excluding hydrogens is 236 g/mol. The maximum atomic E-state index is 11.4. The molecule has 0 bridgehead atoms. The molecule has 0 aromatic carbocycles. The maximum Gasteiger partial charge on any atom is 0.441 e. The number of hydrogen-bond acceptors (Lipinski definition) is 4. The van der Waals surface area contributed by atoms with E-state index >= 15 is 0 Å². The largest absolute Gasteiger partial charge is 0.460 e. The molecule has 0 saturated carbocycles. The molecule has 0 heterocycles. The van der Waals surface area contributed by atoms with Crippen LogP contribution in [0.1, 0.15) is 32.1 Å². The summed E-state index contributed by atoms with van der Waals surface area (Å²) in [6, 6.07) is 0. The van der Waals surface area contributed by atoms with Gasteiger partial charge in [-0.15, -0.1) is 6.58 Å². The van der Waals surface area contributed by atoms with Crippen molar-refractivity contribution in [3.05, 3.63) is 18.2 Å². The highest BCUT2D eigenvalue weighted by Crippen LogP contribution is 2.03. The molecule has 0 saturated heterocycles. The average Bonchev–Trinajstić information content (AvgIpc) is 2.37. The van der Waals surface area contributed by atoms with Crippen molar-refractivity contribution in [3.8, 4) is 0 Å². The van der Waals surface area contributed by atoms with Gasteiger partial charge in [-0.3, -0.25) is 9.59 Å². The van der Waals surface area contributed by atoms with Gasteiger partial charge in [0.15, 0.2) is 0 Å². The molecule has 0 aliphatic heterocycles. The van der Waals surface area contributed by atoms with Crippen LogP contribution in [0.15, 0.2) is 12.7 Å². The molecule has 0 radical (unpaired) electrons. The minimum Gasteiger partial charge on any atom is -0.460 e. The van der Waals surface area contributed by atoms with E-state index in [1.54, 1.807) is 6.08 Å². The third-order valence-corrected chi connectivity index (χ3v) is 2.24. The Morgan fingerprint density at radius 1 is 1.28 bits per heavy atom. The van der Waals surface area contributed by atoms with E-state index in [9.17, 15) is 14.4 Å². The smallest absolute Gasteiger partial charge is 0.441 e. The molecule has 0 aliphatic rings. The second-order valence-electron chi connectivity index (χ2n) is 3.58. The fourth-order valence-electron chi connectivity index (χ4n) is 1.25. The van der Waals surface area contributed by atoms with Crippen molar-refractivity contribution in [2.75, 3.05) is 7.11 Å². The summed E-state index contributed by atoms with van der Waals surface area (Å²) < 4.78 is 4.26. The number of rotatable bonds is 9. The first-order valence-corrected chi connectivity index (χ1v) is 5.53. The Morgan fingerprint density at radius 2 is 1.94 bits per heavy atom. The second kappa shape index (κ2) is 9.01. The Labute approximate surface area is 105 Å². The standard InChI is InChI=1S/C12H16N2O4/c1-3-4-5-6-9(15)7-8-10(16)11(14-13)12(17)18-2/h3H,1,4-8H2,2H3. The Hall–Kier alpha value is -2.07. The summed E-state index contributed by atoms with van der Waals surface area (Å²) in [6.45, 7) is 3.53. The second-order valence-corrected chi connectivity index (χ2v) is 3.58. The summed E-state index contributed by atoms with van der Waals surface area (Å²) in [7, 11) is 1.07. The normalized spacial score (nSPS) is 9.17. The Balaban J connectivity index is 4.17. The van der Waals surface area contributed by atoms with Crippen molar-refractivity contribution in [3.63, 3.8) is 0 Å². The summed E-state index contributed by atoms with van der Waals surface area (Å²) in [5.74, 6) is -1.80. The lowest BCUT2D eigenvalue weighted by molar-refractivity contribution is -0.140. The number of ether oxygens (including phenoxy) is 1. The van der Waals surface area contributed by atoms with Crippen LogP contribution in [0.3, 0.4) is 0 Å². The summed E-state index contributed by atoms with van der Waals surface area (Å²) in [6.07, 6.45) is 3.36. The molecule has 0 aromatic rings. The third-order valence-electron chi connectivity index (χ3n) is 2.24. The number of methoxy groups -OCH3 is 1. The number of ketones is 2. The van der Waals surface area contributed by atoms with Crippen LogP contribution in [0.4, 0.5) is 0 Å². The van der Waals surface area contributed by atoms with E-state index in [1.807, 2.05) is 0 Å². The van der Waals surface area contributed by atoms with Crippen molar-refractivity contribution in [1.29, 1.82) is 0 Å². The number of hydrogen-bond donors (Lipinski definition) is 0. The van der Waals surface area contributed by atoms with Gasteiger partial charge in [0.1, 0.15) is 5.78 Å². The molecule has 18 heavy (non-hydrogen) atoms. The lowest BCUT2D eigenvalue weighted by Crippen LogP contribution is -2.26. The lowest BCUT2D eigenvalue weighted by Gasteiger charge is -1.97. The van der Waals surface area contributed by atoms with E-state index in [4.69, 9.17) is 5.53 Å². The minimum absolute atomic E-state index is 0.0198. The molecule has 6 heteroatoms. The monoisotopic (exact) mass is 252 g/mol. The number of carbonyl (C=O) groups is 3. The third kappa shape index (κ3) is 5.86. The number of nitrogens with zero attached hydrogens (tertiary/aromatic N) is 2. The highest BCUT2D eigenvalue weighted by Gasteiger charge is 2.30. The highest BCUT2D eigenvalue weighted by molar-refractivity contribution is 6.62. The van der Waals surface area contributed by atoms with Crippen molar-refractivity contribution in [2.45, 2.75) is 32.1 Å². The van der Waals surface area contributed by atoms with Crippen LogP contribution in [-0.4, -0.2) is 35.1 Å². The molecule has 0 aromatic heterocycles. The minimum atomic E-state index is -1.01. The van der Waals surface area contributed by atoms with Gasteiger partial charge in [0, 0.05) is 19.3 Å². The van der Waals surface area contributed by atoms with E-state index in [-0.39, 0.29) is 18.6 Å². The number of carbonyl (C=O) groups excluding carboxylic acids is 3. The van der Waals surface area contributed by atoms with Crippen molar-refractivity contribution < 1.29 is 23.9 Å². The van der Waals surface area contributed by atoms with Crippen LogP contribution in [0.25, 0.3) is 5.53 Å². The molecule has 0 unspecified atom stereocenters. The fraction of sp³-hybridized carbons (Fsp3) is 0.500. The molecule has 98 valence electrons. The SMILES string of the molecule is C=CCCCC(=O)CCC(=O)C(=[N+]=[N-])C(=O)OC. The lowest BCUT2D eigenvalue weighted by atomic mass is 10.1. The van der Waals surface area contributed by atoms with Gasteiger partial charge < -0.3 is 10.3 Å². The fourth-order valence-corrected chi connectivity index (χ4v) is 1.25. The van der Waals surface area contributed by atoms with Gasteiger partial charge in [-0.1, -0.05) is 6.08 Å². The number of esters is 1. The van der Waals surface area contributed by atoms with Gasteiger partial charge in [0.05, 0.1) is 7.11 Å². The molecule has 0 aliphatic carbocycles. The van der Waals surface area contributed by atoms with Gasteiger partial charge >= 0.3 is 11.7 Å². The molecule has 0 rings (SSSR count). The number of unbranched alkanes of at least 4 members (excludes halogenated alkanes) is 1. The molecule has 0 amide bonds. The first-order chi connectivity index (χ1) is 8.56. The zero-order valence-electron chi connectivity index (χ0n) is 10.3. The summed E-state index contributed by atoms with van der Waals surface area (Å²) in [4.78, 5) is 36.4. The topological polar surface area (TPSA) is 96.8 Å². The quantitative estimate of drug-likeness (QED) is 0.117. The molecule has 6 nitrogen and oxygen atoms in total. The molecular formula is C12H16N2O4. The zero-order valence-corrected chi connectivity index (χ0v) is 10.3. The van der Waals surface area contributed by atoms with Gasteiger partial charge in [-0.05, 0) is 12.8 Å². The van der Waals surface area contributed by atoms with E-state index < -0.39 is 17.5 Å². The van der Waals surface area contributed by atoms with Crippen LogP contribution in [0.5, 0.6) is 0 Å². The molecule has 0 spiro atoms. The van der Waals surface area contributed by atoms with Gasteiger partial charge in [-0.25, -0.2) is 4.79 Å². The Kier molecular flexibility index (Phi) is 7.98. The predicted molar refractivity (Wildman–Crippen MR) is 63.9 cm³/mol. The summed E-state index contributed by atoms with van der Waals surface area (Å²) >= 11 is 0. The number of Topliss-reactive ketones (excluding diaryl/α,β-unsaturated/α-hetero) is 2. The maximum absolute atomic E-state index is 11.4. The van der Waals surface area contributed by atoms with E-state index in [2.05, 4.69) is 16.1 Å². The van der Waals surface area contributed by atoms with Crippen molar-refractivity contribution in [2.24, 2.45) is 0 Å². The zero-order chi connectivity index (χ0) is 14.0. The first-order valence-electron chi connectivity index (χ1n) is 5.53. The van der Waals surface area contributed by atoms with Gasteiger partial charge in [-0.2, -0.15) is 4.79 Å². The van der Waals surface area contributed by atoms with Crippen LogP contribution in [-0.2, 0) is 19.1 Å². The van der Waals surface area contributed by atoms with Crippen molar-refractivity contribution in [1.82, 2.24) is 0 Å². The van der Waals surface area contributed by atoms with Gasteiger partial charge in [0.2, 0.25) is 0 Å². The van der Waals surface area contributed by atoms with Gasteiger partial charge in [0.25, 0.3) is 5.78 Å². The number of allylic oxidation sites excluding steroid dienone is 1. The average molecular weight is 252 g/mol. The van der Waals surface area contributed by atoms with Crippen LogP contribution in [0, 0.1) is 0 Å². The van der Waals surface area contributed by atoms with E-state index in [0.29, 0.717) is 12.8 Å². The first kappa shape index (κ1) is 15.9. The van der Waals surface area contributed by atoms with Crippen molar-refractivity contribution >= 4 is 23.2 Å². The molecule has 0 N–H and O–H groups in total. The predicted octanol–water partition coefficient (Wildman–Crippen LogP) is 1.10. The van der Waals surface area contributed by atoms with Crippen LogP contribution >= 0.6 is 0 Å². The van der Waals surface area contributed by atoms with E-state index in [0.717, 1.165) is 13.5 Å². The van der Waals surface area contributed by atoms with E-state index in [1.165, 1.54) is 0 Å². The summed E-state index contributed by atoms with van der Waals surface area (Å²) in [5.41, 5.74) is 7.82. The molecule has 0 fully saturated rings. The van der Waals surface area contributed by atoms with Crippen LogP contribution < -0.4 is 0 Å². The van der Waals surface area contributed by atoms with Crippen LogP contribution in [0.2, 0.25) is 0 Å². The Bertz CT molecular complexity index is 395. The Morgan fingerprint density at radius 3 is 2.44 bits per heavy atom. The highest BCUT2D eigenvalue weighted by atomic mass is 16.5. The molecule has 0 atom stereocenters.